The molecule has 0 bridgehead atoms. The molecule has 1 aliphatic carbocycles. The fourth-order valence-corrected chi connectivity index (χ4v) is 3.40. The molecule has 3 unspecified atom stereocenters. The lowest BCUT2D eigenvalue weighted by molar-refractivity contribution is -0.114. The van der Waals surface area contributed by atoms with Crippen molar-refractivity contribution >= 4 is 0 Å². The first-order valence-electron chi connectivity index (χ1n) is 7.69. The molecule has 20 heavy (non-hydrogen) atoms. The lowest BCUT2D eigenvalue weighted by Gasteiger charge is -2.52. The maximum atomic E-state index is 5.79. The van der Waals surface area contributed by atoms with Crippen molar-refractivity contribution in [1.29, 1.82) is 0 Å². The third-order valence-electron chi connectivity index (χ3n) is 4.96. The van der Waals surface area contributed by atoms with Gasteiger partial charge in [0.25, 0.3) is 0 Å². The number of hydrogen-bond donors (Lipinski definition) is 1. The first-order chi connectivity index (χ1) is 9.63. The highest BCUT2D eigenvalue weighted by Gasteiger charge is 2.48. The zero-order chi connectivity index (χ0) is 14.2. The fourth-order valence-electron chi connectivity index (χ4n) is 3.40. The van der Waals surface area contributed by atoms with Crippen LogP contribution in [0.2, 0.25) is 0 Å². The van der Waals surface area contributed by atoms with Gasteiger partial charge in [0.2, 0.25) is 0 Å². The highest BCUT2D eigenvalue weighted by Crippen LogP contribution is 2.43. The molecular formula is C17H25NO2. The molecule has 3 nitrogen and oxygen atoms in total. The van der Waals surface area contributed by atoms with Crippen LogP contribution >= 0.6 is 0 Å². The lowest BCUT2D eigenvalue weighted by Crippen LogP contribution is -2.61. The minimum atomic E-state index is 0.231. The predicted octanol–water partition coefficient (Wildman–Crippen LogP) is 2.96. The van der Waals surface area contributed by atoms with E-state index >= 15 is 0 Å². The maximum absolute atomic E-state index is 5.79. The van der Waals surface area contributed by atoms with Gasteiger partial charge in [0.1, 0.15) is 5.75 Å². The summed E-state index contributed by atoms with van der Waals surface area (Å²) >= 11 is 0. The van der Waals surface area contributed by atoms with Crippen molar-refractivity contribution in [2.75, 3.05) is 19.8 Å². The molecule has 0 amide bonds. The highest BCUT2D eigenvalue weighted by molar-refractivity contribution is 5.39. The monoisotopic (exact) mass is 275 g/mol. The second-order valence-corrected chi connectivity index (χ2v) is 6.51. The molecule has 0 aromatic heterocycles. The molecule has 0 spiro atoms. The highest BCUT2D eigenvalue weighted by atomic mass is 16.5. The lowest BCUT2D eigenvalue weighted by atomic mass is 9.64. The van der Waals surface area contributed by atoms with Crippen molar-refractivity contribution in [3.05, 3.63) is 29.8 Å². The van der Waals surface area contributed by atoms with Crippen LogP contribution in [-0.4, -0.2) is 31.9 Å². The van der Waals surface area contributed by atoms with Gasteiger partial charge in [-0.3, -0.25) is 0 Å². The van der Waals surface area contributed by atoms with Crippen LogP contribution in [0.25, 0.3) is 0 Å². The topological polar surface area (TPSA) is 30.5 Å². The largest absolute Gasteiger partial charge is 0.493 e. The Labute approximate surface area is 121 Å². The Morgan fingerprint density at radius 1 is 1.35 bits per heavy atom. The zero-order valence-corrected chi connectivity index (χ0v) is 12.7. The SMILES string of the molecule is CCOC1CC(NCC2COc3ccccc32)C1(C)C. The molecule has 3 heteroatoms. The van der Waals surface area contributed by atoms with E-state index in [9.17, 15) is 0 Å². The Hall–Kier alpha value is -1.06. The van der Waals surface area contributed by atoms with E-state index in [2.05, 4.69) is 44.3 Å². The molecule has 1 saturated carbocycles. The molecule has 3 rings (SSSR count). The van der Waals surface area contributed by atoms with E-state index in [0.29, 0.717) is 18.1 Å². The van der Waals surface area contributed by atoms with Crippen LogP contribution in [-0.2, 0) is 4.74 Å². The first-order valence-corrected chi connectivity index (χ1v) is 7.69. The Morgan fingerprint density at radius 2 is 2.15 bits per heavy atom. The van der Waals surface area contributed by atoms with Gasteiger partial charge in [-0.15, -0.1) is 0 Å². The Kier molecular flexibility index (Phi) is 3.74. The van der Waals surface area contributed by atoms with Crippen LogP contribution < -0.4 is 10.1 Å². The predicted molar refractivity (Wildman–Crippen MR) is 80.3 cm³/mol. The summed E-state index contributed by atoms with van der Waals surface area (Å²) in [4.78, 5) is 0. The Morgan fingerprint density at radius 3 is 2.90 bits per heavy atom. The van der Waals surface area contributed by atoms with Crippen LogP contribution in [0.4, 0.5) is 0 Å². The van der Waals surface area contributed by atoms with Gasteiger partial charge in [0, 0.05) is 36.1 Å². The van der Waals surface area contributed by atoms with Gasteiger partial charge >= 0.3 is 0 Å². The molecule has 0 radical (unpaired) electrons. The number of ether oxygens (including phenoxy) is 2. The van der Waals surface area contributed by atoms with Gasteiger partial charge in [-0.25, -0.2) is 0 Å². The number of para-hydroxylation sites is 1. The van der Waals surface area contributed by atoms with Crippen LogP contribution in [0.5, 0.6) is 5.75 Å². The van der Waals surface area contributed by atoms with Crippen LogP contribution in [0.3, 0.4) is 0 Å². The zero-order valence-electron chi connectivity index (χ0n) is 12.7. The van der Waals surface area contributed by atoms with Crippen molar-refractivity contribution in [3.8, 4) is 5.75 Å². The average molecular weight is 275 g/mol. The van der Waals surface area contributed by atoms with Gasteiger partial charge < -0.3 is 14.8 Å². The third kappa shape index (κ3) is 2.33. The number of nitrogens with one attached hydrogen (secondary N) is 1. The molecule has 3 atom stereocenters. The third-order valence-corrected chi connectivity index (χ3v) is 4.96. The average Bonchev–Trinajstić information content (AvgIpc) is 2.85. The standard InChI is InChI=1S/C17H25NO2/c1-4-19-16-9-15(17(16,2)3)18-10-12-11-20-14-8-6-5-7-13(12)14/h5-8,12,15-16,18H,4,9-11H2,1-3H3. The minimum absolute atomic E-state index is 0.231. The summed E-state index contributed by atoms with van der Waals surface area (Å²) < 4.78 is 11.5. The Balaban J connectivity index is 1.55. The number of fused-ring (bicyclic) bond motifs is 1. The molecule has 1 aliphatic heterocycles. The summed E-state index contributed by atoms with van der Waals surface area (Å²) in [6.07, 6.45) is 1.52. The Bertz CT molecular complexity index is 472. The van der Waals surface area contributed by atoms with Crippen LogP contribution in [0, 0.1) is 5.41 Å². The smallest absolute Gasteiger partial charge is 0.122 e. The summed E-state index contributed by atoms with van der Waals surface area (Å²) in [6.45, 7) is 9.27. The van der Waals surface area contributed by atoms with E-state index in [-0.39, 0.29) is 5.41 Å². The summed E-state index contributed by atoms with van der Waals surface area (Å²) in [6, 6.07) is 8.93. The van der Waals surface area contributed by atoms with Crippen molar-refractivity contribution in [2.24, 2.45) is 5.41 Å². The second-order valence-electron chi connectivity index (χ2n) is 6.51. The number of benzene rings is 1. The van der Waals surface area contributed by atoms with Gasteiger partial charge in [-0.05, 0) is 19.4 Å². The van der Waals surface area contributed by atoms with Gasteiger partial charge in [-0.2, -0.15) is 0 Å². The molecule has 1 aromatic rings. The number of rotatable bonds is 5. The van der Waals surface area contributed by atoms with E-state index in [1.165, 1.54) is 5.56 Å². The van der Waals surface area contributed by atoms with Crippen molar-refractivity contribution in [2.45, 2.75) is 45.3 Å². The first kappa shape index (κ1) is 13.9. The maximum Gasteiger partial charge on any atom is 0.122 e. The van der Waals surface area contributed by atoms with Gasteiger partial charge in [-0.1, -0.05) is 32.0 Å². The van der Waals surface area contributed by atoms with Crippen molar-refractivity contribution in [1.82, 2.24) is 5.32 Å². The number of hydrogen-bond acceptors (Lipinski definition) is 3. The summed E-state index contributed by atoms with van der Waals surface area (Å²) in [7, 11) is 0. The molecule has 0 saturated heterocycles. The molecular weight excluding hydrogens is 250 g/mol. The molecule has 1 N–H and O–H groups in total. The van der Waals surface area contributed by atoms with E-state index in [1.807, 2.05) is 6.07 Å². The van der Waals surface area contributed by atoms with Crippen molar-refractivity contribution < 1.29 is 9.47 Å². The molecule has 1 heterocycles. The molecule has 2 aliphatic rings. The second kappa shape index (κ2) is 5.38. The summed E-state index contributed by atoms with van der Waals surface area (Å²) in [5.41, 5.74) is 1.58. The fraction of sp³-hybridized carbons (Fsp3) is 0.647. The summed E-state index contributed by atoms with van der Waals surface area (Å²) in [5.74, 6) is 1.53. The van der Waals surface area contributed by atoms with Gasteiger partial charge in [0.15, 0.2) is 0 Å². The molecule has 1 aromatic carbocycles. The van der Waals surface area contributed by atoms with Crippen molar-refractivity contribution in [3.63, 3.8) is 0 Å². The quantitative estimate of drug-likeness (QED) is 0.896. The minimum Gasteiger partial charge on any atom is -0.493 e. The van der Waals surface area contributed by atoms with E-state index in [1.54, 1.807) is 0 Å². The van der Waals surface area contributed by atoms with E-state index in [4.69, 9.17) is 9.47 Å². The summed E-state index contributed by atoms with van der Waals surface area (Å²) in [5, 5.41) is 3.72. The van der Waals surface area contributed by atoms with E-state index in [0.717, 1.165) is 31.9 Å². The van der Waals surface area contributed by atoms with Crippen LogP contribution in [0.1, 0.15) is 38.7 Å². The van der Waals surface area contributed by atoms with E-state index < -0.39 is 0 Å². The molecule has 1 fully saturated rings. The van der Waals surface area contributed by atoms with Gasteiger partial charge in [0.05, 0.1) is 12.7 Å². The normalized spacial score (nSPS) is 30.4. The molecule has 110 valence electrons. The van der Waals surface area contributed by atoms with Crippen LogP contribution in [0.15, 0.2) is 24.3 Å².